The summed E-state index contributed by atoms with van der Waals surface area (Å²) in [6.45, 7) is 4.99. The molecule has 2 heterocycles. The van der Waals surface area contributed by atoms with Crippen LogP contribution in [0.4, 0.5) is 0 Å². The second-order valence-corrected chi connectivity index (χ2v) is 4.48. The van der Waals surface area contributed by atoms with Crippen LogP contribution in [0.25, 0.3) is 0 Å². The van der Waals surface area contributed by atoms with E-state index in [9.17, 15) is 4.79 Å². The fraction of sp³-hybridized carbons (Fsp3) is 0.909. The quantitative estimate of drug-likeness (QED) is 0.698. The van der Waals surface area contributed by atoms with E-state index in [1.54, 1.807) is 0 Å². The molecular weight excluding hydrogens is 208 g/mol. The normalized spacial score (nSPS) is 35.4. The van der Waals surface area contributed by atoms with Crippen molar-refractivity contribution in [1.29, 1.82) is 0 Å². The molecule has 5 heteroatoms. The second kappa shape index (κ2) is 5.12. The first-order chi connectivity index (χ1) is 7.74. The summed E-state index contributed by atoms with van der Waals surface area (Å²) in [5.41, 5.74) is 5.87. The highest BCUT2D eigenvalue weighted by atomic mass is 16.5. The molecule has 0 radical (unpaired) electrons. The monoisotopic (exact) mass is 228 g/mol. The molecule has 3 atom stereocenters. The Balaban J connectivity index is 2.01. The molecule has 2 aliphatic rings. The predicted octanol–water partition coefficient (Wildman–Crippen LogP) is -0.402. The standard InChI is InChI=1S/C11H20N2O3/c1-2-8-5-15-4-3-13(8)11(14)9-6-16-7-10(9)12/h8-10H,2-7,12H2,1H3. The van der Waals surface area contributed by atoms with E-state index >= 15 is 0 Å². The number of nitrogens with two attached hydrogens (primary N) is 1. The highest BCUT2D eigenvalue weighted by Crippen LogP contribution is 2.19. The smallest absolute Gasteiger partial charge is 0.230 e. The van der Waals surface area contributed by atoms with Gasteiger partial charge in [-0.2, -0.15) is 0 Å². The first-order valence-corrected chi connectivity index (χ1v) is 5.95. The lowest BCUT2D eigenvalue weighted by Crippen LogP contribution is -2.53. The molecule has 0 bridgehead atoms. The molecule has 2 aliphatic heterocycles. The van der Waals surface area contributed by atoms with E-state index in [4.69, 9.17) is 15.2 Å². The molecule has 1 amide bonds. The van der Waals surface area contributed by atoms with Crippen LogP contribution in [0.5, 0.6) is 0 Å². The van der Waals surface area contributed by atoms with Crippen molar-refractivity contribution in [3.63, 3.8) is 0 Å². The largest absolute Gasteiger partial charge is 0.379 e. The van der Waals surface area contributed by atoms with Gasteiger partial charge in [0.05, 0.1) is 38.4 Å². The van der Waals surface area contributed by atoms with Crippen molar-refractivity contribution in [2.45, 2.75) is 25.4 Å². The van der Waals surface area contributed by atoms with Crippen molar-refractivity contribution in [2.24, 2.45) is 11.7 Å². The Bertz CT molecular complexity index is 260. The summed E-state index contributed by atoms with van der Waals surface area (Å²) in [7, 11) is 0. The van der Waals surface area contributed by atoms with Gasteiger partial charge in [-0.15, -0.1) is 0 Å². The van der Waals surface area contributed by atoms with Crippen molar-refractivity contribution in [3.05, 3.63) is 0 Å². The minimum atomic E-state index is -0.160. The maximum Gasteiger partial charge on any atom is 0.230 e. The SMILES string of the molecule is CCC1COCCN1C(=O)C1COCC1N. The van der Waals surface area contributed by atoms with Crippen LogP contribution in [0, 0.1) is 5.92 Å². The maximum absolute atomic E-state index is 12.3. The third kappa shape index (κ3) is 2.21. The first kappa shape index (κ1) is 11.8. The highest BCUT2D eigenvalue weighted by molar-refractivity contribution is 5.80. The van der Waals surface area contributed by atoms with Gasteiger partial charge in [-0.1, -0.05) is 6.92 Å². The predicted molar refractivity (Wildman–Crippen MR) is 58.9 cm³/mol. The van der Waals surface area contributed by atoms with Crippen LogP contribution in [-0.2, 0) is 14.3 Å². The number of carbonyl (C=O) groups excluding carboxylic acids is 1. The van der Waals surface area contributed by atoms with Gasteiger partial charge in [-0.05, 0) is 6.42 Å². The summed E-state index contributed by atoms with van der Waals surface area (Å²) in [6, 6.07) is 0.0573. The number of morpholine rings is 1. The number of amides is 1. The van der Waals surface area contributed by atoms with Crippen LogP contribution < -0.4 is 5.73 Å². The zero-order valence-electron chi connectivity index (χ0n) is 9.72. The molecule has 2 saturated heterocycles. The zero-order valence-corrected chi connectivity index (χ0v) is 9.72. The molecule has 2 fully saturated rings. The number of carbonyl (C=O) groups is 1. The minimum absolute atomic E-state index is 0.139. The van der Waals surface area contributed by atoms with Crippen molar-refractivity contribution in [3.8, 4) is 0 Å². The number of hydrogen-bond donors (Lipinski definition) is 1. The molecule has 0 aromatic carbocycles. The highest BCUT2D eigenvalue weighted by Gasteiger charge is 2.37. The average Bonchev–Trinajstić information content (AvgIpc) is 2.74. The average molecular weight is 228 g/mol. The summed E-state index contributed by atoms with van der Waals surface area (Å²) in [5, 5.41) is 0. The first-order valence-electron chi connectivity index (χ1n) is 5.95. The number of rotatable bonds is 2. The summed E-state index contributed by atoms with van der Waals surface area (Å²) in [6.07, 6.45) is 0.925. The second-order valence-electron chi connectivity index (χ2n) is 4.48. The molecule has 92 valence electrons. The molecule has 16 heavy (non-hydrogen) atoms. The van der Waals surface area contributed by atoms with Crippen LogP contribution in [0.3, 0.4) is 0 Å². The zero-order chi connectivity index (χ0) is 11.5. The van der Waals surface area contributed by atoms with Crippen molar-refractivity contribution in [1.82, 2.24) is 4.90 Å². The topological polar surface area (TPSA) is 64.8 Å². The fourth-order valence-electron chi connectivity index (χ4n) is 2.32. The third-order valence-electron chi connectivity index (χ3n) is 3.42. The van der Waals surface area contributed by atoms with E-state index < -0.39 is 0 Å². The van der Waals surface area contributed by atoms with Gasteiger partial charge in [-0.25, -0.2) is 0 Å². The van der Waals surface area contributed by atoms with Gasteiger partial charge in [0.15, 0.2) is 0 Å². The molecule has 2 rings (SSSR count). The molecule has 3 unspecified atom stereocenters. The third-order valence-corrected chi connectivity index (χ3v) is 3.42. The van der Waals surface area contributed by atoms with Crippen LogP contribution in [0.1, 0.15) is 13.3 Å². The van der Waals surface area contributed by atoms with Crippen LogP contribution in [-0.4, -0.2) is 55.9 Å². The molecule has 2 N–H and O–H groups in total. The molecular formula is C11H20N2O3. The Hall–Kier alpha value is -0.650. The molecule has 0 spiro atoms. The van der Waals surface area contributed by atoms with Gasteiger partial charge in [0.25, 0.3) is 0 Å². The minimum Gasteiger partial charge on any atom is -0.379 e. The molecule has 0 aromatic heterocycles. The summed E-state index contributed by atoms with van der Waals surface area (Å²) < 4.78 is 10.6. The summed E-state index contributed by atoms with van der Waals surface area (Å²) >= 11 is 0. The lowest BCUT2D eigenvalue weighted by Gasteiger charge is -2.37. The Morgan fingerprint density at radius 3 is 2.81 bits per heavy atom. The van der Waals surface area contributed by atoms with Crippen LogP contribution in [0.2, 0.25) is 0 Å². The van der Waals surface area contributed by atoms with Crippen molar-refractivity contribution < 1.29 is 14.3 Å². The summed E-state index contributed by atoms with van der Waals surface area (Å²) in [4.78, 5) is 14.2. The lowest BCUT2D eigenvalue weighted by atomic mass is 10.0. The Morgan fingerprint density at radius 2 is 2.19 bits per heavy atom. The van der Waals surface area contributed by atoms with Gasteiger partial charge in [0.1, 0.15) is 0 Å². The number of hydrogen-bond acceptors (Lipinski definition) is 4. The van der Waals surface area contributed by atoms with Gasteiger partial charge >= 0.3 is 0 Å². The van der Waals surface area contributed by atoms with Gasteiger partial charge in [-0.3, -0.25) is 4.79 Å². The van der Waals surface area contributed by atoms with Crippen molar-refractivity contribution >= 4 is 5.91 Å². The fourth-order valence-corrected chi connectivity index (χ4v) is 2.32. The Morgan fingerprint density at radius 1 is 1.38 bits per heavy atom. The van der Waals surface area contributed by atoms with Crippen molar-refractivity contribution in [2.75, 3.05) is 33.0 Å². The Kier molecular flexibility index (Phi) is 3.78. The number of nitrogens with zero attached hydrogens (tertiary/aromatic N) is 1. The van der Waals surface area contributed by atoms with Crippen LogP contribution >= 0.6 is 0 Å². The van der Waals surface area contributed by atoms with Gasteiger partial charge < -0.3 is 20.1 Å². The summed E-state index contributed by atoms with van der Waals surface area (Å²) in [5.74, 6) is -0.0210. The molecule has 5 nitrogen and oxygen atoms in total. The van der Waals surface area contributed by atoms with E-state index in [0.29, 0.717) is 33.0 Å². The molecule has 0 aliphatic carbocycles. The maximum atomic E-state index is 12.3. The van der Waals surface area contributed by atoms with E-state index in [0.717, 1.165) is 6.42 Å². The molecule has 0 aromatic rings. The lowest BCUT2D eigenvalue weighted by molar-refractivity contribution is -0.144. The van der Waals surface area contributed by atoms with Gasteiger partial charge in [0.2, 0.25) is 5.91 Å². The van der Waals surface area contributed by atoms with E-state index in [1.807, 2.05) is 4.90 Å². The molecule has 0 saturated carbocycles. The number of ether oxygens (including phenoxy) is 2. The van der Waals surface area contributed by atoms with E-state index in [2.05, 4.69) is 6.92 Å². The Labute approximate surface area is 95.9 Å². The van der Waals surface area contributed by atoms with E-state index in [-0.39, 0.29) is 23.9 Å². The van der Waals surface area contributed by atoms with E-state index in [1.165, 1.54) is 0 Å². The van der Waals surface area contributed by atoms with Gasteiger partial charge in [0, 0.05) is 12.6 Å². The van der Waals surface area contributed by atoms with Crippen LogP contribution in [0.15, 0.2) is 0 Å².